The molecular formula is C42H80NO10P. The van der Waals surface area contributed by atoms with Crippen molar-refractivity contribution < 1.29 is 47.5 Å². The number of carboxylic acids is 1. The molecule has 0 aromatic heterocycles. The lowest BCUT2D eigenvalue weighted by atomic mass is 10.0. The van der Waals surface area contributed by atoms with E-state index in [1.807, 2.05) is 0 Å². The second kappa shape index (κ2) is 38.1. The summed E-state index contributed by atoms with van der Waals surface area (Å²) < 4.78 is 32.6. The van der Waals surface area contributed by atoms with Crippen molar-refractivity contribution >= 4 is 25.7 Å². The first-order chi connectivity index (χ1) is 26.1. The van der Waals surface area contributed by atoms with Crippen molar-refractivity contribution in [1.82, 2.24) is 0 Å². The Kier molecular flexibility index (Phi) is 36.9. The zero-order chi connectivity index (χ0) is 40.0. The van der Waals surface area contributed by atoms with Gasteiger partial charge in [-0.25, -0.2) is 4.57 Å². The van der Waals surface area contributed by atoms with Crippen LogP contribution >= 0.6 is 7.82 Å². The van der Waals surface area contributed by atoms with Crippen molar-refractivity contribution in [3.05, 3.63) is 12.2 Å². The number of phosphoric acid groups is 1. The third kappa shape index (κ3) is 37.2. The molecule has 3 atom stereocenters. The van der Waals surface area contributed by atoms with Crippen molar-refractivity contribution in [2.24, 2.45) is 5.73 Å². The molecule has 0 spiro atoms. The first kappa shape index (κ1) is 52.2. The minimum absolute atomic E-state index is 0.154. The van der Waals surface area contributed by atoms with E-state index in [-0.39, 0.29) is 19.4 Å². The van der Waals surface area contributed by atoms with Gasteiger partial charge in [0, 0.05) is 12.8 Å². The smallest absolute Gasteiger partial charge is 0.472 e. The van der Waals surface area contributed by atoms with Gasteiger partial charge in [0.2, 0.25) is 0 Å². The van der Waals surface area contributed by atoms with Gasteiger partial charge in [-0.1, -0.05) is 174 Å². The molecule has 4 N–H and O–H groups in total. The number of esters is 2. The lowest BCUT2D eigenvalue weighted by molar-refractivity contribution is -0.161. The topological polar surface area (TPSA) is 172 Å². The second-order valence-electron chi connectivity index (χ2n) is 14.8. The van der Waals surface area contributed by atoms with Gasteiger partial charge in [0.25, 0.3) is 0 Å². The van der Waals surface area contributed by atoms with Crippen LogP contribution in [0.25, 0.3) is 0 Å². The SMILES string of the molecule is CCCC/C=C/CCCCCCCC(=O)O[C@@H](COC(=O)CCCCCCCCCCCCCCCCCCCCC)COP(=O)(O)OC[C@@H](N)C(=O)O. The van der Waals surface area contributed by atoms with E-state index in [0.717, 1.165) is 57.8 Å². The molecule has 318 valence electrons. The summed E-state index contributed by atoms with van der Waals surface area (Å²) in [4.78, 5) is 45.8. The maximum atomic E-state index is 12.6. The van der Waals surface area contributed by atoms with Crippen molar-refractivity contribution in [3.8, 4) is 0 Å². The molecule has 0 rings (SSSR count). The van der Waals surface area contributed by atoms with E-state index >= 15 is 0 Å². The maximum absolute atomic E-state index is 12.6. The normalized spacial score (nSPS) is 13.9. The average Bonchev–Trinajstić information content (AvgIpc) is 3.14. The molecule has 0 radical (unpaired) electrons. The Bertz CT molecular complexity index is 979. The fourth-order valence-corrected chi connectivity index (χ4v) is 6.82. The summed E-state index contributed by atoms with van der Waals surface area (Å²) >= 11 is 0. The van der Waals surface area contributed by atoms with E-state index in [1.54, 1.807) is 0 Å². The van der Waals surface area contributed by atoms with Gasteiger partial charge in [-0.05, 0) is 32.1 Å². The zero-order valence-electron chi connectivity index (χ0n) is 34.3. The summed E-state index contributed by atoms with van der Waals surface area (Å²) in [6.45, 7) is 2.77. The van der Waals surface area contributed by atoms with Crippen LogP contribution in [0.3, 0.4) is 0 Å². The molecule has 0 aliphatic heterocycles. The summed E-state index contributed by atoms with van der Waals surface area (Å²) in [7, 11) is -4.71. The number of phosphoric ester groups is 1. The van der Waals surface area contributed by atoms with Gasteiger partial charge in [-0.3, -0.25) is 23.4 Å². The van der Waals surface area contributed by atoms with Crippen LogP contribution in [0.1, 0.15) is 206 Å². The highest BCUT2D eigenvalue weighted by Gasteiger charge is 2.28. The fourth-order valence-electron chi connectivity index (χ4n) is 6.05. The van der Waals surface area contributed by atoms with Gasteiger partial charge in [-0.15, -0.1) is 0 Å². The van der Waals surface area contributed by atoms with Crippen molar-refractivity contribution in [2.75, 3.05) is 19.8 Å². The van der Waals surface area contributed by atoms with Crippen LogP contribution in [0.15, 0.2) is 12.2 Å². The maximum Gasteiger partial charge on any atom is 0.472 e. The number of aliphatic carboxylic acids is 1. The summed E-state index contributed by atoms with van der Waals surface area (Å²) in [6, 6.07) is -1.52. The molecule has 11 nitrogen and oxygen atoms in total. The van der Waals surface area contributed by atoms with Crippen molar-refractivity contribution in [3.63, 3.8) is 0 Å². The highest BCUT2D eigenvalue weighted by molar-refractivity contribution is 7.47. The molecule has 0 amide bonds. The van der Waals surface area contributed by atoms with Crippen LogP contribution in [-0.4, -0.2) is 59.9 Å². The summed E-state index contributed by atoms with van der Waals surface area (Å²) in [5.41, 5.74) is 5.32. The molecule has 0 fully saturated rings. The second-order valence-corrected chi connectivity index (χ2v) is 16.3. The third-order valence-corrected chi connectivity index (χ3v) is 10.5. The van der Waals surface area contributed by atoms with Crippen molar-refractivity contribution in [2.45, 2.75) is 219 Å². The van der Waals surface area contributed by atoms with Crippen LogP contribution in [-0.2, 0) is 37.5 Å². The lowest BCUT2D eigenvalue weighted by Crippen LogP contribution is -2.34. The van der Waals surface area contributed by atoms with Crippen LogP contribution in [0.5, 0.6) is 0 Å². The Hall–Kier alpha value is -1.78. The summed E-state index contributed by atoms with van der Waals surface area (Å²) in [5.74, 6) is -2.38. The molecule has 54 heavy (non-hydrogen) atoms. The molecule has 0 aliphatic rings. The monoisotopic (exact) mass is 790 g/mol. The predicted octanol–water partition coefficient (Wildman–Crippen LogP) is 11.3. The Morgan fingerprint density at radius 2 is 0.944 bits per heavy atom. The number of carboxylic acid groups (broad SMARTS) is 1. The molecule has 0 aliphatic carbocycles. The molecule has 1 unspecified atom stereocenters. The average molecular weight is 790 g/mol. The number of hydrogen-bond acceptors (Lipinski definition) is 9. The summed E-state index contributed by atoms with van der Waals surface area (Å²) in [6.07, 6.45) is 37.1. The molecule has 0 saturated heterocycles. The van der Waals surface area contributed by atoms with E-state index in [9.17, 15) is 23.8 Å². The highest BCUT2D eigenvalue weighted by Crippen LogP contribution is 2.43. The van der Waals surface area contributed by atoms with Gasteiger partial charge in [0.15, 0.2) is 6.10 Å². The molecule has 0 aromatic carbocycles. The Labute approximate surface area is 328 Å². The molecule has 0 saturated carbocycles. The first-order valence-corrected chi connectivity index (χ1v) is 23.2. The van der Waals surface area contributed by atoms with Gasteiger partial charge in [0.05, 0.1) is 13.2 Å². The van der Waals surface area contributed by atoms with E-state index in [4.69, 9.17) is 24.8 Å². The number of allylic oxidation sites excluding steroid dienone is 2. The molecule has 0 heterocycles. The molecular weight excluding hydrogens is 709 g/mol. The predicted molar refractivity (Wildman–Crippen MR) is 217 cm³/mol. The fraction of sp³-hybridized carbons (Fsp3) is 0.881. The number of hydrogen-bond donors (Lipinski definition) is 3. The van der Waals surface area contributed by atoms with Gasteiger partial charge in [0.1, 0.15) is 12.6 Å². The minimum atomic E-state index is -4.71. The minimum Gasteiger partial charge on any atom is -0.480 e. The molecule has 0 bridgehead atoms. The Morgan fingerprint density at radius 1 is 0.556 bits per heavy atom. The molecule has 0 aromatic rings. The number of rotatable bonds is 41. The van der Waals surface area contributed by atoms with Gasteiger partial charge < -0.3 is 25.2 Å². The lowest BCUT2D eigenvalue weighted by Gasteiger charge is -2.20. The summed E-state index contributed by atoms with van der Waals surface area (Å²) in [5, 5.41) is 8.87. The van der Waals surface area contributed by atoms with E-state index in [0.29, 0.717) is 12.8 Å². The van der Waals surface area contributed by atoms with Crippen LogP contribution < -0.4 is 5.73 Å². The first-order valence-electron chi connectivity index (χ1n) is 21.7. The number of carbonyl (C=O) groups excluding carboxylic acids is 2. The standard InChI is InChI=1S/C42H80NO10P/c1-3-5-7-9-11-13-15-16-17-18-19-20-21-22-24-25-27-29-31-33-40(44)50-35-38(36-51-54(48,49)52-37-39(43)42(46)47)53-41(45)34-32-30-28-26-23-14-12-10-8-6-4-2/h10,12,38-39H,3-9,11,13-37,43H2,1-2H3,(H,46,47)(H,48,49)/b12-10+/t38-,39+/m0/s1. The third-order valence-electron chi connectivity index (χ3n) is 9.51. The number of ether oxygens (including phenoxy) is 2. The van der Waals surface area contributed by atoms with Crippen LogP contribution in [0.2, 0.25) is 0 Å². The number of nitrogens with two attached hydrogens (primary N) is 1. The Balaban J connectivity index is 4.26. The molecule has 12 heteroatoms. The van der Waals surface area contributed by atoms with E-state index in [1.165, 1.54) is 109 Å². The zero-order valence-corrected chi connectivity index (χ0v) is 35.2. The van der Waals surface area contributed by atoms with E-state index < -0.39 is 51.1 Å². The Morgan fingerprint density at radius 3 is 1.41 bits per heavy atom. The van der Waals surface area contributed by atoms with Crippen LogP contribution in [0, 0.1) is 0 Å². The van der Waals surface area contributed by atoms with Crippen LogP contribution in [0.4, 0.5) is 0 Å². The quantitative estimate of drug-likeness (QED) is 0.0233. The van der Waals surface area contributed by atoms with Gasteiger partial charge >= 0.3 is 25.7 Å². The highest BCUT2D eigenvalue weighted by atomic mass is 31.2. The number of carbonyl (C=O) groups is 3. The van der Waals surface area contributed by atoms with Crippen molar-refractivity contribution in [1.29, 1.82) is 0 Å². The number of unbranched alkanes of at least 4 members (excludes halogenated alkanes) is 25. The largest absolute Gasteiger partial charge is 0.480 e. The van der Waals surface area contributed by atoms with Gasteiger partial charge in [-0.2, -0.15) is 0 Å². The van der Waals surface area contributed by atoms with E-state index in [2.05, 4.69) is 30.5 Å².